The molecular formula is C15H15ClFN3O2. The van der Waals surface area contributed by atoms with Gasteiger partial charge in [-0.1, -0.05) is 17.7 Å². The topological polar surface area (TPSA) is 63.2 Å². The number of carbonyl (C=O) groups excluding carboxylic acids is 1. The molecule has 2 rings (SSSR count). The summed E-state index contributed by atoms with van der Waals surface area (Å²) in [7, 11) is 1.62. The van der Waals surface area contributed by atoms with E-state index >= 15 is 0 Å². The van der Waals surface area contributed by atoms with Crippen LogP contribution in [0.5, 0.6) is 0 Å². The van der Waals surface area contributed by atoms with Gasteiger partial charge >= 0.3 is 0 Å². The number of aromatic nitrogens is 1. The van der Waals surface area contributed by atoms with Crippen molar-refractivity contribution in [3.8, 4) is 0 Å². The van der Waals surface area contributed by atoms with Crippen molar-refractivity contribution >= 4 is 29.0 Å². The van der Waals surface area contributed by atoms with E-state index in [1.54, 1.807) is 25.4 Å². The molecule has 116 valence electrons. The van der Waals surface area contributed by atoms with Crippen molar-refractivity contribution in [2.75, 3.05) is 30.9 Å². The Labute approximate surface area is 132 Å². The van der Waals surface area contributed by atoms with Gasteiger partial charge in [-0.3, -0.25) is 4.79 Å². The van der Waals surface area contributed by atoms with E-state index in [1.165, 1.54) is 18.2 Å². The molecular weight excluding hydrogens is 309 g/mol. The fourth-order valence-corrected chi connectivity index (χ4v) is 2.01. The summed E-state index contributed by atoms with van der Waals surface area (Å²) < 4.78 is 18.6. The number of methoxy groups -OCH3 is 1. The van der Waals surface area contributed by atoms with Crippen molar-refractivity contribution in [2.45, 2.75) is 0 Å². The van der Waals surface area contributed by atoms with Crippen LogP contribution in [0.4, 0.5) is 15.9 Å². The Bertz CT molecular complexity index is 629. The highest BCUT2D eigenvalue weighted by Crippen LogP contribution is 2.20. The Balaban J connectivity index is 2.03. The van der Waals surface area contributed by atoms with Gasteiger partial charge in [0.05, 0.1) is 29.1 Å². The van der Waals surface area contributed by atoms with Crippen LogP contribution in [0.3, 0.4) is 0 Å². The van der Waals surface area contributed by atoms with Crippen molar-refractivity contribution in [3.05, 3.63) is 52.9 Å². The smallest absolute Gasteiger partial charge is 0.261 e. The Morgan fingerprint density at radius 2 is 2.18 bits per heavy atom. The molecule has 1 aromatic carbocycles. The van der Waals surface area contributed by atoms with Gasteiger partial charge in [0.25, 0.3) is 5.91 Å². The lowest BCUT2D eigenvalue weighted by Crippen LogP contribution is -2.15. The van der Waals surface area contributed by atoms with E-state index in [1.807, 2.05) is 0 Å². The van der Waals surface area contributed by atoms with E-state index in [-0.39, 0.29) is 10.6 Å². The van der Waals surface area contributed by atoms with Gasteiger partial charge < -0.3 is 15.4 Å². The van der Waals surface area contributed by atoms with E-state index in [0.717, 1.165) is 5.69 Å². The van der Waals surface area contributed by atoms with E-state index in [0.29, 0.717) is 19.0 Å². The molecule has 22 heavy (non-hydrogen) atoms. The molecule has 5 nitrogen and oxygen atoms in total. The number of halogens is 2. The molecule has 0 unspecified atom stereocenters. The van der Waals surface area contributed by atoms with Gasteiger partial charge in [-0.25, -0.2) is 9.37 Å². The lowest BCUT2D eigenvalue weighted by atomic mass is 10.2. The van der Waals surface area contributed by atoms with Crippen LogP contribution in [0.2, 0.25) is 5.02 Å². The zero-order chi connectivity index (χ0) is 15.9. The van der Waals surface area contributed by atoms with Crippen molar-refractivity contribution in [1.82, 2.24) is 4.98 Å². The van der Waals surface area contributed by atoms with Crippen molar-refractivity contribution in [3.63, 3.8) is 0 Å². The highest BCUT2D eigenvalue weighted by molar-refractivity contribution is 6.34. The highest BCUT2D eigenvalue weighted by Gasteiger charge is 2.16. The predicted octanol–water partition coefficient (Wildman–Crippen LogP) is 3.18. The first-order valence-electron chi connectivity index (χ1n) is 6.56. The van der Waals surface area contributed by atoms with Crippen molar-refractivity contribution in [1.29, 1.82) is 0 Å². The largest absolute Gasteiger partial charge is 0.383 e. The number of nitrogens with one attached hydrogen (secondary N) is 2. The fourth-order valence-electron chi connectivity index (χ4n) is 1.76. The third-order valence-electron chi connectivity index (χ3n) is 2.83. The molecule has 2 aromatic rings. The van der Waals surface area contributed by atoms with E-state index in [9.17, 15) is 9.18 Å². The van der Waals surface area contributed by atoms with Gasteiger partial charge in [-0.05, 0) is 24.3 Å². The maximum Gasteiger partial charge on any atom is 0.261 e. The van der Waals surface area contributed by atoms with Gasteiger partial charge in [-0.15, -0.1) is 0 Å². The molecule has 1 heterocycles. The van der Waals surface area contributed by atoms with Gasteiger partial charge in [0.15, 0.2) is 0 Å². The maximum atomic E-state index is 13.7. The molecule has 1 amide bonds. The monoisotopic (exact) mass is 323 g/mol. The van der Waals surface area contributed by atoms with Crippen molar-refractivity contribution in [2.24, 2.45) is 0 Å². The Morgan fingerprint density at radius 3 is 2.82 bits per heavy atom. The third-order valence-corrected chi connectivity index (χ3v) is 3.15. The zero-order valence-corrected chi connectivity index (χ0v) is 12.7. The van der Waals surface area contributed by atoms with E-state index in [4.69, 9.17) is 16.3 Å². The Morgan fingerprint density at radius 1 is 1.36 bits per heavy atom. The molecule has 1 aromatic heterocycles. The number of rotatable bonds is 6. The average Bonchev–Trinajstić information content (AvgIpc) is 2.49. The number of pyridine rings is 1. The molecule has 2 N–H and O–H groups in total. The summed E-state index contributed by atoms with van der Waals surface area (Å²) in [5, 5.41) is 5.65. The number of nitrogens with zero attached hydrogens (tertiary/aromatic N) is 1. The molecule has 0 aliphatic rings. The normalized spacial score (nSPS) is 10.3. The first kappa shape index (κ1) is 16.2. The molecule has 0 spiro atoms. The van der Waals surface area contributed by atoms with Crippen LogP contribution in [-0.2, 0) is 4.74 Å². The molecule has 7 heteroatoms. The van der Waals surface area contributed by atoms with Gasteiger partial charge in [0.1, 0.15) is 11.6 Å². The quantitative estimate of drug-likeness (QED) is 0.801. The molecule has 0 aliphatic carbocycles. The second kappa shape index (κ2) is 7.72. The number of benzene rings is 1. The minimum Gasteiger partial charge on any atom is -0.383 e. The summed E-state index contributed by atoms with van der Waals surface area (Å²) in [5.74, 6) is -1.01. The first-order valence-corrected chi connectivity index (χ1v) is 6.94. The summed E-state index contributed by atoms with van der Waals surface area (Å²) in [6.45, 7) is 1.22. The fraction of sp³-hybridized carbons (Fsp3) is 0.200. The number of amides is 1. The molecule has 0 aliphatic heterocycles. The number of hydrogen-bond acceptors (Lipinski definition) is 4. The molecule has 0 atom stereocenters. The molecule has 0 saturated carbocycles. The molecule has 0 fully saturated rings. The van der Waals surface area contributed by atoms with Gasteiger partial charge in [0, 0.05) is 13.7 Å². The van der Waals surface area contributed by atoms with Crippen LogP contribution in [-0.4, -0.2) is 31.2 Å². The number of anilines is 2. The maximum absolute atomic E-state index is 13.7. The minimum absolute atomic E-state index is 0.0513. The van der Waals surface area contributed by atoms with Crippen LogP contribution in [0.15, 0.2) is 36.5 Å². The second-order valence-corrected chi connectivity index (χ2v) is 4.81. The van der Waals surface area contributed by atoms with Crippen LogP contribution >= 0.6 is 11.6 Å². The average molecular weight is 324 g/mol. The Hall–Kier alpha value is -2.18. The van der Waals surface area contributed by atoms with Gasteiger partial charge in [-0.2, -0.15) is 0 Å². The molecule has 0 bridgehead atoms. The van der Waals surface area contributed by atoms with Crippen LogP contribution in [0.1, 0.15) is 10.4 Å². The van der Waals surface area contributed by atoms with E-state index < -0.39 is 11.7 Å². The van der Waals surface area contributed by atoms with Crippen LogP contribution < -0.4 is 10.6 Å². The summed E-state index contributed by atoms with van der Waals surface area (Å²) in [6.07, 6.45) is 1.56. The zero-order valence-electron chi connectivity index (χ0n) is 11.9. The second-order valence-electron chi connectivity index (χ2n) is 4.40. The first-order chi connectivity index (χ1) is 10.6. The minimum atomic E-state index is -0.678. The summed E-state index contributed by atoms with van der Waals surface area (Å²) in [5.41, 5.74) is 0.590. The summed E-state index contributed by atoms with van der Waals surface area (Å²) in [6, 6.07) is 7.43. The molecule has 0 saturated heterocycles. The Kier molecular flexibility index (Phi) is 5.68. The predicted molar refractivity (Wildman–Crippen MR) is 84.0 cm³/mol. The SMILES string of the molecule is COCCNc1ccc(NC(=O)c2c(F)cccc2Cl)nc1. The summed E-state index contributed by atoms with van der Waals surface area (Å²) >= 11 is 5.84. The standard InChI is InChI=1S/C15H15ClFN3O2/c1-22-8-7-18-10-5-6-13(19-9-10)20-15(21)14-11(16)3-2-4-12(14)17/h2-6,9,18H,7-8H2,1H3,(H,19,20,21). The molecule has 0 radical (unpaired) electrons. The third kappa shape index (κ3) is 4.16. The highest BCUT2D eigenvalue weighted by atomic mass is 35.5. The van der Waals surface area contributed by atoms with E-state index in [2.05, 4.69) is 15.6 Å². The van der Waals surface area contributed by atoms with Crippen molar-refractivity contribution < 1.29 is 13.9 Å². The lowest BCUT2D eigenvalue weighted by molar-refractivity contribution is 0.102. The van der Waals surface area contributed by atoms with Crippen LogP contribution in [0, 0.1) is 5.82 Å². The lowest BCUT2D eigenvalue weighted by Gasteiger charge is -2.08. The number of hydrogen-bond donors (Lipinski definition) is 2. The summed E-state index contributed by atoms with van der Waals surface area (Å²) in [4.78, 5) is 16.1. The number of carbonyl (C=O) groups is 1. The van der Waals surface area contributed by atoms with Crippen LogP contribution in [0.25, 0.3) is 0 Å². The van der Waals surface area contributed by atoms with Gasteiger partial charge in [0.2, 0.25) is 0 Å². The number of ether oxygens (including phenoxy) is 1.